The topological polar surface area (TPSA) is 104 Å². The molecule has 3 fully saturated rings. The second kappa shape index (κ2) is 13.9. The molecule has 0 bridgehead atoms. The Balaban J connectivity index is 1.07. The Kier molecular flexibility index (Phi) is 9.76. The number of esters is 1. The highest BCUT2D eigenvalue weighted by atomic mass is 32.2. The number of hydrogen-bond donors (Lipinski definition) is 0. The van der Waals surface area contributed by atoms with Crippen molar-refractivity contribution in [1.29, 1.82) is 5.26 Å². The van der Waals surface area contributed by atoms with Gasteiger partial charge in [0.05, 0.1) is 21.3 Å². The van der Waals surface area contributed by atoms with Crippen molar-refractivity contribution in [2.75, 3.05) is 37.6 Å². The van der Waals surface area contributed by atoms with Gasteiger partial charge in [0.2, 0.25) is 9.84 Å². The van der Waals surface area contributed by atoms with Crippen molar-refractivity contribution in [3.63, 3.8) is 0 Å². The Labute approximate surface area is 273 Å². The molecule has 0 spiro atoms. The van der Waals surface area contributed by atoms with E-state index in [1.807, 2.05) is 37.3 Å². The maximum absolute atomic E-state index is 12.9. The lowest BCUT2D eigenvalue weighted by Gasteiger charge is -2.48. The van der Waals surface area contributed by atoms with Gasteiger partial charge >= 0.3 is 5.97 Å². The number of piperidine rings is 1. The van der Waals surface area contributed by atoms with Gasteiger partial charge in [-0.05, 0) is 99.5 Å². The summed E-state index contributed by atoms with van der Waals surface area (Å²) in [6.07, 6.45) is 8.56. The summed E-state index contributed by atoms with van der Waals surface area (Å²) < 4.78 is 31.9. The summed E-state index contributed by atoms with van der Waals surface area (Å²) in [5, 5.41) is 11.0. The summed E-state index contributed by atoms with van der Waals surface area (Å²) in [4.78, 5) is 21.8. The van der Waals surface area contributed by atoms with Crippen molar-refractivity contribution < 1.29 is 17.9 Å². The first-order valence-electron chi connectivity index (χ1n) is 16.7. The van der Waals surface area contributed by atoms with E-state index in [1.54, 1.807) is 12.1 Å². The number of aromatic nitrogens is 1. The van der Waals surface area contributed by atoms with E-state index < -0.39 is 15.3 Å². The first-order valence-corrected chi connectivity index (χ1v) is 18.2. The van der Waals surface area contributed by atoms with E-state index in [1.165, 1.54) is 24.5 Å². The number of nitriles is 1. The quantitative estimate of drug-likeness (QED) is 0.234. The molecule has 9 heteroatoms. The number of hydrogen-bond acceptors (Lipinski definition) is 8. The van der Waals surface area contributed by atoms with Gasteiger partial charge in [0.15, 0.2) is 0 Å². The van der Waals surface area contributed by atoms with Crippen LogP contribution in [0.5, 0.6) is 0 Å². The van der Waals surface area contributed by atoms with Crippen LogP contribution in [0, 0.1) is 29.1 Å². The lowest BCUT2D eigenvalue weighted by atomic mass is 9.59. The lowest BCUT2D eigenvalue weighted by Crippen LogP contribution is -2.54. The third kappa shape index (κ3) is 6.43. The van der Waals surface area contributed by atoms with Gasteiger partial charge in [0.1, 0.15) is 6.10 Å². The van der Waals surface area contributed by atoms with E-state index in [0.29, 0.717) is 12.3 Å². The largest absolute Gasteiger partial charge is 0.462 e. The van der Waals surface area contributed by atoms with Crippen molar-refractivity contribution in [1.82, 2.24) is 9.88 Å². The number of benzene rings is 2. The molecular weight excluding hydrogens is 596 g/mol. The minimum absolute atomic E-state index is 0.00326. The SMILES string of the molecule is CCCC(=O)O[C@@H]1CCC[C@H]1C(C#N)(c1ccccc1)C1CCN(CC2CN(c3ccc(S(=O)(=O)c4ccncc4)cc3)C2)CC1. The Bertz CT molecular complexity index is 1610. The summed E-state index contributed by atoms with van der Waals surface area (Å²) in [5.41, 5.74) is 1.43. The smallest absolute Gasteiger partial charge is 0.306 e. The van der Waals surface area contributed by atoms with Crippen LogP contribution in [0.25, 0.3) is 0 Å². The predicted octanol–water partition coefficient (Wildman–Crippen LogP) is 6.04. The van der Waals surface area contributed by atoms with E-state index in [4.69, 9.17) is 4.74 Å². The van der Waals surface area contributed by atoms with Crippen molar-refractivity contribution >= 4 is 21.5 Å². The van der Waals surface area contributed by atoms with Crippen LogP contribution in [-0.2, 0) is 24.8 Å². The van der Waals surface area contributed by atoms with E-state index in [-0.39, 0.29) is 33.7 Å². The highest BCUT2D eigenvalue weighted by Crippen LogP contribution is 2.51. The first kappa shape index (κ1) is 32.2. The molecule has 3 aliphatic rings. The highest BCUT2D eigenvalue weighted by Gasteiger charge is 2.53. The maximum Gasteiger partial charge on any atom is 0.306 e. The fourth-order valence-corrected chi connectivity index (χ4v) is 9.29. The van der Waals surface area contributed by atoms with Crippen molar-refractivity contribution in [3.8, 4) is 6.07 Å². The zero-order chi connectivity index (χ0) is 32.1. The molecule has 242 valence electrons. The monoisotopic (exact) mass is 640 g/mol. The second-order valence-corrected chi connectivity index (χ2v) is 15.1. The fourth-order valence-electron chi connectivity index (χ4n) is 8.05. The third-order valence-electron chi connectivity index (χ3n) is 10.4. The molecule has 3 atom stereocenters. The van der Waals surface area contributed by atoms with Crippen LogP contribution in [0.4, 0.5) is 5.69 Å². The number of carbonyl (C=O) groups excluding carboxylic acids is 1. The van der Waals surface area contributed by atoms with Crippen LogP contribution in [0.2, 0.25) is 0 Å². The van der Waals surface area contributed by atoms with Gasteiger partial charge in [-0.15, -0.1) is 0 Å². The molecule has 1 aromatic heterocycles. The summed E-state index contributed by atoms with van der Waals surface area (Å²) in [6.45, 7) is 6.79. The molecule has 1 saturated carbocycles. The molecule has 6 rings (SSSR count). The third-order valence-corrected chi connectivity index (χ3v) is 12.2. The number of likely N-dealkylation sites (tertiary alicyclic amines) is 1. The molecule has 2 aromatic carbocycles. The number of nitrogens with zero attached hydrogens (tertiary/aromatic N) is 4. The zero-order valence-corrected chi connectivity index (χ0v) is 27.4. The van der Waals surface area contributed by atoms with Gasteiger partial charge in [-0.2, -0.15) is 5.26 Å². The van der Waals surface area contributed by atoms with Crippen LogP contribution in [0.15, 0.2) is 88.9 Å². The Morgan fingerprint density at radius 2 is 1.63 bits per heavy atom. The minimum atomic E-state index is -3.56. The maximum atomic E-state index is 12.9. The van der Waals surface area contributed by atoms with Crippen molar-refractivity contribution in [2.45, 2.75) is 73.2 Å². The summed E-state index contributed by atoms with van der Waals surface area (Å²) >= 11 is 0. The Morgan fingerprint density at radius 3 is 2.28 bits per heavy atom. The number of carbonyl (C=O) groups is 1. The minimum Gasteiger partial charge on any atom is -0.462 e. The molecule has 0 radical (unpaired) electrons. The molecule has 3 heterocycles. The van der Waals surface area contributed by atoms with Gasteiger partial charge in [-0.1, -0.05) is 37.3 Å². The number of ether oxygens (including phenoxy) is 1. The van der Waals surface area contributed by atoms with E-state index in [0.717, 1.165) is 82.5 Å². The second-order valence-electron chi connectivity index (χ2n) is 13.2. The summed E-state index contributed by atoms with van der Waals surface area (Å²) in [5.74, 6) is 0.605. The van der Waals surface area contributed by atoms with E-state index >= 15 is 0 Å². The normalized spacial score (nSPS) is 22.5. The molecular formula is C37H44N4O4S. The van der Waals surface area contributed by atoms with Crippen LogP contribution in [0.1, 0.15) is 57.4 Å². The predicted molar refractivity (Wildman–Crippen MR) is 177 cm³/mol. The first-order chi connectivity index (χ1) is 22.3. The number of sulfone groups is 1. The van der Waals surface area contributed by atoms with E-state index in [9.17, 15) is 18.5 Å². The van der Waals surface area contributed by atoms with Crippen LogP contribution in [0.3, 0.4) is 0 Å². The highest BCUT2D eigenvalue weighted by molar-refractivity contribution is 7.91. The molecule has 0 amide bonds. The van der Waals surface area contributed by atoms with Gasteiger partial charge < -0.3 is 14.5 Å². The number of rotatable bonds is 11. The molecule has 2 saturated heterocycles. The standard InChI is InChI=1S/C37H44N4O4S/c1-2-7-36(42)45-35-11-6-10-34(35)37(27-38,29-8-4-3-5-9-29)30-18-22-40(23-19-30)24-28-25-41(26-28)31-12-14-32(15-13-31)46(43,44)33-16-20-39-21-17-33/h3-5,8-9,12-17,20-21,28,30,34-35H,2,6-7,10-11,18-19,22-26H2,1H3/t34-,35-,37?/m1/s1. The average molecular weight is 641 g/mol. The summed E-state index contributed by atoms with van der Waals surface area (Å²) in [7, 11) is -3.56. The van der Waals surface area contributed by atoms with Crippen LogP contribution in [-0.4, -0.2) is 63.1 Å². The van der Waals surface area contributed by atoms with Crippen molar-refractivity contribution in [2.24, 2.45) is 17.8 Å². The zero-order valence-electron chi connectivity index (χ0n) is 26.6. The fraction of sp³-hybridized carbons (Fsp3) is 0.486. The van der Waals surface area contributed by atoms with Gasteiger partial charge in [-0.25, -0.2) is 8.42 Å². The number of anilines is 1. The van der Waals surface area contributed by atoms with Crippen LogP contribution >= 0.6 is 0 Å². The molecule has 1 aliphatic carbocycles. The molecule has 2 aliphatic heterocycles. The molecule has 0 N–H and O–H groups in total. The Morgan fingerprint density at radius 1 is 0.957 bits per heavy atom. The molecule has 3 aromatic rings. The summed E-state index contributed by atoms with van der Waals surface area (Å²) in [6, 6.07) is 23.3. The average Bonchev–Trinajstić information content (AvgIpc) is 3.53. The Hall–Kier alpha value is -3.74. The van der Waals surface area contributed by atoms with Gasteiger partial charge in [0.25, 0.3) is 0 Å². The van der Waals surface area contributed by atoms with Gasteiger partial charge in [0, 0.05) is 56.0 Å². The van der Waals surface area contributed by atoms with Gasteiger partial charge in [-0.3, -0.25) is 9.78 Å². The van der Waals surface area contributed by atoms with Crippen LogP contribution < -0.4 is 4.90 Å². The molecule has 46 heavy (non-hydrogen) atoms. The molecule has 8 nitrogen and oxygen atoms in total. The van der Waals surface area contributed by atoms with E-state index in [2.05, 4.69) is 33.0 Å². The lowest BCUT2D eigenvalue weighted by molar-refractivity contribution is -0.152. The van der Waals surface area contributed by atoms with Crippen molar-refractivity contribution in [3.05, 3.63) is 84.7 Å². The number of pyridine rings is 1. The molecule has 1 unspecified atom stereocenters.